The van der Waals surface area contributed by atoms with Crippen molar-refractivity contribution < 1.29 is 4.74 Å². The Balaban J connectivity index is 1.79. The number of thiophene rings is 1. The van der Waals surface area contributed by atoms with Crippen LogP contribution in [0.2, 0.25) is 0 Å². The van der Waals surface area contributed by atoms with E-state index in [-0.39, 0.29) is 0 Å². The van der Waals surface area contributed by atoms with Crippen molar-refractivity contribution in [1.82, 2.24) is 10.2 Å². The van der Waals surface area contributed by atoms with Gasteiger partial charge in [0.2, 0.25) is 0 Å². The summed E-state index contributed by atoms with van der Waals surface area (Å²) in [7, 11) is 2.16. The van der Waals surface area contributed by atoms with Crippen molar-refractivity contribution in [3.05, 3.63) is 21.9 Å². The van der Waals surface area contributed by atoms with Crippen LogP contribution < -0.4 is 5.32 Å². The molecule has 16 heavy (non-hydrogen) atoms. The summed E-state index contributed by atoms with van der Waals surface area (Å²) >= 11 is 1.84. The predicted octanol–water partition coefficient (Wildman–Crippen LogP) is 1.48. The lowest BCUT2D eigenvalue weighted by Gasteiger charge is -2.27. The summed E-state index contributed by atoms with van der Waals surface area (Å²) in [5.41, 5.74) is 1.40. The van der Waals surface area contributed by atoms with Gasteiger partial charge in [0.15, 0.2) is 0 Å². The highest BCUT2D eigenvalue weighted by atomic mass is 32.1. The van der Waals surface area contributed by atoms with Crippen molar-refractivity contribution in [2.24, 2.45) is 0 Å². The van der Waals surface area contributed by atoms with E-state index in [1.807, 2.05) is 11.3 Å². The molecule has 90 valence electrons. The Labute approximate surface area is 101 Å². The Morgan fingerprint density at radius 1 is 1.62 bits per heavy atom. The van der Waals surface area contributed by atoms with Crippen LogP contribution in [0.25, 0.3) is 0 Å². The van der Waals surface area contributed by atoms with E-state index in [0.717, 1.165) is 32.8 Å². The van der Waals surface area contributed by atoms with Crippen LogP contribution >= 0.6 is 11.3 Å². The highest BCUT2D eigenvalue weighted by molar-refractivity contribution is 7.10. The van der Waals surface area contributed by atoms with Crippen molar-refractivity contribution in [2.45, 2.75) is 19.6 Å². The van der Waals surface area contributed by atoms with Gasteiger partial charge in [-0.15, -0.1) is 11.3 Å². The van der Waals surface area contributed by atoms with Gasteiger partial charge in [-0.3, -0.25) is 4.90 Å². The molecule has 0 aliphatic carbocycles. The maximum atomic E-state index is 5.70. The summed E-state index contributed by atoms with van der Waals surface area (Å²) in [6.45, 7) is 7.03. The van der Waals surface area contributed by atoms with Crippen LogP contribution in [-0.2, 0) is 11.3 Å². The molecule has 1 unspecified atom stereocenters. The van der Waals surface area contributed by atoms with Crippen LogP contribution in [0.1, 0.15) is 10.4 Å². The Kier molecular flexibility index (Phi) is 4.35. The second-order valence-corrected chi connectivity index (χ2v) is 5.42. The molecular formula is C12H20N2OS. The minimum absolute atomic E-state index is 0.346. The fourth-order valence-electron chi connectivity index (χ4n) is 1.96. The fraction of sp³-hybridized carbons (Fsp3) is 0.667. The lowest BCUT2D eigenvalue weighted by Crippen LogP contribution is -2.44. The van der Waals surface area contributed by atoms with Gasteiger partial charge in [0.1, 0.15) is 0 Å². The zero-order valence-electron chi connectivity index (χ0n) is 10.0. The van der Waals surface area contributed by atoms with Gasteiger partial charge in [-0.05, 0) is 31.0 Å². The summed E-state index contributed by atoms with van der Waals surface area (Å²) in [4.78, 5) is 3.81. The van der Waals surface area contributed by atoms with E-state index >= 15 is 0 Å². The SMILES string of the molecule is Cc1ccsc1CN(C)CC1CNCCO1. The van der Waals surface area contributed by atoms with Crippen LogP contribution in [0.15, 0.2) is 11.4 Å². The Hall–Kier alpha value is -0.420. The van der Waals surface area contributed by atoms with Gasteiger partial charge in [-0.25, -0.2) is 0 Å². The van der Waals surface area contributed by atoms with E-state index < -0.39 is 0 Å². The second kappa shape index (κ2) is 5.77. The topological polar surface area (TPSA) is 24.5 Å². The third-order valence-corrected chi connectivity index (χ3v) is 3.91. The summed E-state index contributed by atoms with van der Waals surface area (Å²) in [5, 5.41) is 5.53. The number of morpholine rings is 1. The maximum Gasteiger partial charge on any atom is 0.0826 e. The van der Waals surface area contributed by atoms with E-state index in [2.05, 4.69) is 35.6 Å². The molecule has 1 aliphatic heterocycles. The van der Waals surface area contributed by atoms with Crippen LogP contribution in [0, 0.1) is 6.92 Å². The molecule has 1 aromatic heterocycles. The van der Waals surface area contributed by atoms with Gasteiger partial charge in [-0.2, -0.15) is 0 Å². The number of rotatable bonds is 4. The number of aryl methyl sites for hydroxylation is 1. The van der Waals surface area contributed by atoms with Crippen LogP contribution in [0.3, 0.4) is 0 Å². The largest absolute Gasteiger partial charge is 0.374 e. The summed E-state index contributed by atoms with van der Waals surface area (Å²) < 4.78 is 5.70. The van der Waals surface area contributed by atoms with Gasteiger partial charge in [0.25, 0.3) is 0 Å². The summed E-state index contributed by atoms with van der Waals surface area (Å²) in [6, 6.07) is 2.19. The number of nitrogens with zero attached hydrogens (tertiary/aromatic N) is 1. The highest BCUT2D eigenvalue weighted by Gasteiger charge is 2.15. The molecule has 4 heteroatoms. The summed E-state index contributed by atoms with van der Waals surface area (Å²) in [5.74, 6) is 0. The van der Waals surface area contributed by atoms with Crippen molar-refractivity contribution in [1.29, 1.82) is 0 Å². The number of hydrogen-bond acceptors (Lipinski definition) is 4. The first-order valence-electron chi connectivity index (χ1n) is 5.79. The van der Waals surface area contributed by atoms with Crippen LogP contribution in [0.4, 0.5) is 0 Å². The molecule has 0 radical (unpaired) electrons. The molecule has 1 fully saturated rings. The van der Waals surface area contributed by atoms with Crippen LogP contribution in [-0.4, -0.2) is 44.3 Å². The monoisotopic (exact) mass is 240 g/mol. The minimum atomic E-state index is 0.346. The zero-order valence-corrected chi connectivity index (χ0v) is 10.8. The highest BCUT2D eigenvalue weighted by Crippen LogP contribution is 2.17. The average Bonchev–Trinajstić information content (AvgIpc) is 2.66. The van der Waals surface area contributed by atoms with E-state index in [0.29, 0.717) is 6.10 Å². The lowest BCUT2D eigenvalue weighted by atomic mass is 10.2. The van der Waals surface area contributed by atoms with Crippen molar-refractivity contribution in [3.8, 4) is 0 Å². The molecule has 0 bridgehead atoms. The zero-order chi connectivity index (χ0) is 11.4. The summed E-state index contributed by atoms with van der Waals surface area (Å²) in [6.07, 6.45) is 0.346. The molecule has 3 nitrogen and oxygen atoms in total. The minimum Gasteiger partial charge on any atom is -0.374 e. The fourth-order valence-corrected chi connectivity index (χ4v) is 2.95. The lowest BCUT2D eigenvalue weighted by molar-refractivity contribution is 0.00896. The van der Waals surface area contributed by atoms with Crippen molar-refractivity contribution >= 4 is 11.3 Å². The van der Waals surface area contributed by atoms with E-state index in [1.165, 1.54) is 10.4 Å². The van der Waals surface area contributed by atoms with Gasteiger partial charge < -0.3 is 10.1 Å². The second-order valence-electron chi connectivity index (χ2n) is 4.42. The first-order chi connectivity index (χ1) is 7.75. The maximum absolute atomic E-state index is 5.70. The smallest absolute Gasteiger partial charge is 0.0826 e. The molecule has 1 atom stereocenters. The number of ether oxygens (including phenoxy) is 1. The Bertz CT molecular complexity index is 321. The van der Waals surface area contributed by atoms with E-state index in [9.17, 15) is 0 Å². The van der Waals surface area contributed by atoms with Gasteiger partial charge in [-0.1, -0.05) is 0 Å². The molecule has 0 saturated carbocycles. The molecule has 1 aromatic rings. The van der Waals surface area contributed by atoms with Crippen molar-refractivity contribution in [3.63, 3.8) is 0 Å². The molecule has 2 heterocycles. The van der Waals surface area contributed by atoms with Gasteiger partial charge in [0.05, 0.1) is 12.7 Å². The molecule has 0 spiro atoms. The molecule has 0 amide bonds. The van der Waals surface area contributed by atoms with E-state index in [1.54, 1.807) is 0 Å². The molecule has 1 saturated heterocycles. The molecular weight excluding hydrogens is 220 g/mol. The van der Waals surface area contributed by atoms with Crippen molar-refractivity contribution in [2.75, 3.05) is 33.3 Å². The Morgan fingerprint density at radius 2 is 2.50 bits per heavy atom. The quantitative estimate of drug-likeness (QED) is 0.862. The van der Waals surface area contributed by atoms with E-state index in [4.69, 9.17) is 4.74 Å². The average molecular weight is 240 g/mol. The number of hydrogen-bond donors (Lipinski definition) is 1. The predicted molar refractivity (Wildman–Crippen MR) is 68.0 cm³/mol. The third kappa shape index (κ3) is 3.28. The third-order valence-electron chi connectivity index (χ3n) is 2.90. The van der Waals surface area contributed by atoms with Gasteiger partial charge >= 0.3 is 0 Å². The number of likely N-dealkylation sites (N-methyl/N-ethyl adjacent to an activating group) is 1. The first kappa shape index (κ1) is 12.0. The molecule has 2 rings (SSSR count). The number of nitrogens with one attached hydrogen (secondary N) is 1. The normalized spacial score (nSPS) is 21.6. The molecule has 1 aliphatic rings. The first-order valence-corrected chi connectivity index (χ1v) is 6.67. The van der Waals surface area contributed by atoms with Crippen LogP contribution in [0.5, 0.6) is 0 Å². The Morgan fingerprint density at radius 3 is 3.12 bits per heavy atom. The standard InChI is InChI=1S/C12H20N2OS/c1-10-3-6-16-12(10)9-14(2)8-11-7-13-4-5-15-11/h3,6,11,13H,4-5,7-9H2,1-2H3. The molecule has 1 N–H and O–H groups in total. The van der Waals surface area contributed by atoms with Gasteiger partial charge in [0, 0.05) is 31.1 Å². The molecule has 0 aromatic carbocycles.